The Hall–Kier alpha value is -1.50. The molecule has 1 aromatic carbocycles. The lowest BCUT2D eigenvalue weighted by atomic mass is 10.2. The Bertz CT molecular complexity index is 406. The van der Waals surface area contributed by atoms with Crippen LogP contribution in [0.3, 0.4) is 0 Å². The van der Waals surface area contributed by atoms with Crippen LogP contribution in [-0.4, -0.2) is 30.9 Å². The minimum Gasteiger partial charge on any atom is -0.491 e. The van der Waals surface area contributed by atoms with Crippen LogP contribution in [0, 0.1) is 18.8 Å². The zero-order chi connectivity index (χ0) is 13.2. The van der Waals surface area contributed by atoms with E-state index in [9.17, 15) is 5.11 Å². The number of ether oxygens (including phenoxy) is 1. The first kappa shape index (κ1) is 14.6. The fourth-order valence-electron chi connectivity index (χ4n) is 1.50. The third-order valence-corrected chi connectivity index (χ3v) is 2.42. The Morgan fingerprint density at radius 3 is 3.00 bits per heavy atom. The summed E-state index contributed by atoms with van der Waals surface area (Å²) in [6.07, 6.45) is 0.308. The van der Waals surface area contributed by atoms with Crippen molar-refractivity contribution in [3.63, 3.8) is 0 Å². The van der Waals surface area contributed by atoms with E-state index in [0.29, 0.717) is 13.2 Å². The van der Waals surface area contributed by atoms with Gasteiger partial charge >= 0.3 is 0 Å². The van der Waals surface area contributed by atoms with Gasteiger partial charge in [-0.2, -0.15) is 0 Å². The highest BCUT2D eigenvalue weighted by Crippen LogP contribution is 2.12. The molecule has 3 nitrogen and oxygen atoms in total. The number of aliphatic hydroxyl groups excluding tert-OH is 1. The average molecular weight is 247 g/mol. The van der Waals surface area contributed by atoms with Crippen LogP contribution in [0.25, 0.3) is 0 Å². The molecule has 1 aromatic rings. The molecule has 2 N–H and O–H groups in total. The van der Waals surface area contributed by atoms with E-state index in [1.165, 1.54) is 0 Å². The summed E-state index contributed by atoms with van der Waals surface area (Å²) in [5, 5.41) is 12.8. The summed E-state index contributed by atoms with van der Waals surface area (Å²) in [6, 6.07) is 7.80. The lowest BCUT2D eigenvalue weighted by Crippen LogP contribution is -2.31. The SMILES string of the molecule is CC#CCCNCC(O)COc1cccc(C)c1. The molecule has 0 aliphatic heterocycles. The van der Waals surface area contributed by atoms with Gasteiger partial charge < -0.3 is 15.2 Å². The maximum atomic E-state index is 9.71. The van der Waals surface area contributed by atoms with Crippen molar-refractivity contribution in [2.45, 2.75) is 26.4 Å². The molecule has 0 saturated heterocycles. The van der Waals surface area contributed by atoms with Gasteiger partial charge in [-0.1, -0.05) is 12.1 Å². The van der Waals surface area contributed by atoms with Gasteiger partial charge in [0.1, 0.15) is 18.5 Å². The molecular formula is C15H21NO2. The minimum atomic E-state index is -0.500. The van der Waals surface area contributed by atoms with E-state index in [-0.39, 0.29) is 0 Å². The van der Waals surface area contributed by atoms with Gasteiger partial charge in [-0.3, -0.25) is 0 Å². The summed E-state index contributed by atoms with van der Waals surface area (Å²) in [5.41, 5.74) is 1.15. The number of aryl methyl sites for hydroxylation is 1. The summed E-state index contributed by atoms with van der Waals surface area (Å²) < 4.78 is 5.51. The van der Waals surface area contributed by atoms with Crippen molar-refractivity contribution in [3.05, 3.63) is 29.8 Å². The van der Waals surface area contributed by atoms with Gasteiger partial charge in [-0.15, -0.1) is 11.8 Å². The van der Waals surface area contributed by atoms with Crippen LogP contribution < -0.4 is 10.1 Å². The molecule has 1 unspecified atom stereocenters. The molecule has 0 amide bonds. The van der Waals surface area contributed by atoms with E-state index < -0.39 is 6.10 Å². The van der Waals surface area contributed by atoms with Crippen molar-refractivity contribution in [1.82, 2.24) is 5.32 Å². The molecule has 18 heavy (non-hydrogen) atoms. The Morgan fingerprint density at radius 1 is 1.44 bits per heavy atom. The van der Waals surface area contributed by atoms with Crippen molar-refractivity contribution >= 4 is 0 Å². The van der Waals surface area contributed by atoms with Gasteiger partial charge in [0.25, 0.3) is 0 Å². The van der Waals surface area contributed by atoms with Crippen molar-refractivity contribution in [2.24, 2.45) is 0 Å². The highest BCUT2D eigenvalue weighted by Gasteiger charge is 2.04. The summed E-state index contributed by atoms with van der Waals surface area (Å²) in [7, 11) is 0. The second-order valence-electron chi connectivity index (χ2n) is 4.16. The smallest absolute Gasteiger partial charge is 0.119 e. The van der Waals surface area contributed by atoms with Crippen LogP contribution in [0.15, 0.2) is 24.3 Å². The van der Waals surface area contributed by atoms with Crippen LogP contribution in [0.2, 0.25) is 0 Å². The normalized spacial score (nSPS) is 11.5. The van der Waals surface area contributed by atoms with Gasteiger partial charge in [0, 0.05) is 19.5 Å². The molecule has 0 heterocycles. The molecule has 98 valence electrons. The first-order valence-corrected chi connectivity index (χ1v) is 6.20. The predicted molar refractivity (Wildman–Crippen MR) is 73.6 cm³/mol. The lowest BCUT2D eigenvalue weighted by Gasteiger charge is -2.13. The maximum absolute atomic E-state index is 9.71. The maximum Gasteiger partial charge on any atom is 0.119 e. The summed E-state index contributed by atoms with van der Waals surface area (Å²) in [5.74, 6) is 6.59. The van der Waals surface area contributed by atoms with E-state index in [4.69, 9.17) is 4.74 Å². The zero-order valence-corrected chi connectivity index (χ0v) is 11.1. The van der Waals surface area contributed by atoms with Crippen molar-refractivity contribution < 1.29 is 9.84 Å². The van der Waals surface area contributed by atoms with E-state index in [0.717, 1.165) is 24.3 Å². The highest BCUT2D eigenvalue weighted by atomic mass is 16.5. The predicted octanol–water partition coefficient (Wildman–Crippen LogP) is 1.74. The van der Waals surface area contributed by atoms with E-state index in [1.807, 2.05) is 38.1 Å². The highest BCUT2D eigenvalue weighted by molar-refractivity contribution is 5.27. The van der Waals surface area contributed by atoms with Crippen LogP contribution in [0.5, 0.6) is 5.75 Å². The van der Waals surface area contributed by atoms with Crippen molar-refractivity contribution in [1.29, 1.82) is 0 Å². The lowest BCUT2D eigenvalue weighted by molar-refractivity contribution is 0.107. The average Bonchev–Trinajstić information content (AvgIpc) is 2.36. The molecule has 3 heteroatoms. The van der Waals surface area contributed by atoms with Crippen LogP contribution in [0.1, 0.15) is 18.9 Å². The molecule has 0 saturated carbocycles. The van der Waals surface area contributed by atoms with Crippen molar-refractivity contribution in [3.8, 4) is 17.6 Å². The van der Waals surface area contributed by atoms with Gasteiger partial charge in [-0.25, -0.2) is 0 Å². The third kappa shape index (κ3) is 6.29. The van der Waals surface area contributed by atoms with Crippen LogP contribution >= 0.6 is 0 Å². The second-order valence-corrected chi connectivity index (χ2v) is 4.16. The first-order valence-electron chi connectivity index (χ1n) is 6.20. The van der Waals surface area contributed by atoms with E-state index >= 15 is 0 Å². The number of benzene rings is 1. The Balaban J connectivity index is 2.16. The largest absolute Gasteiger partial charge is 0.491 e. The topological polar surface area (TPSA) is 41.5 Å². The van der Waals surface area contributed by atoms with E-state index in [2.05, 4.69) is 17.2 Å². The molecule has 0 radical (unpaired) electrons. The molecule has 0 aromatic heterocycles. The molecule has 0 bridgehead atoms. The number of aliphatic hydroxyl groups is 1. The fraction of sp³-hybridized carbons (Fsp3) is 0.467. The zero-order valence-electron chi connectivity index (χ0n) is 11.1. The first-order chi connectivity index (χ1) is 8.72. The van der Waals surface area contributed by atoms with Gasteiger partial charge in [-0.05, 0) is 31.5 Å². The Kier molecular flexibility index (Phi) is 6.93. The monoisotopic (exact) mass is 247 g/mol. The number of hydrogen-bond donors (Lipinski definition) is 2. The van der Waals surface area contributed by atoms with Gasteiger partial charge in [0.2, 0.25) is 0 Å². The molecule has 0 aliphatic rings. The van der Waals surface area contributed by atoms with E-state index in [1.54, 1.807) is 0 Å². The molecule has 0 aliphatic carbocycles. The molecule has 0 spiro atoms. The molecular weight excluding hydrogens is 226 g/mol. The molecule has 1 atom stereocenters. The van der Waals surface area contributed by atoms with Gasteiger partial charge in [0.05, 0.1) is 0 Å². The van der Waals surface area contributed by atoms with Gasteiger partial charge in [0.15, 0.2) is 0 Å². The summed E-state index contributed by atoms with van der Waals surface area (Å²) in [6.45, 7) is 5.46. The Morgan fingerprint density at radius 2 is 2.28 bits per heavy atom. The fourth-order valence-corrected chi connectivity index (χ4v) is 1.50. The molecule has 1 rings (SSSR count). The van der Waals surface area contributed by atoms with Crippen molar-refractivity contribution in [2.75, 3.05) is 19.7 Å². The number of rotatable bonds is 7. The third-order valence-electron chi connectivity index (χ3n) is 2.42. The number of hydrogen-bond acceptors (Lipinski definition) is 3. The summed E-state index contributed by atoms with van der Waals surface area (Å²) in [4.78, 5) is 0. The standard InChI is InChI=1S/C15H21NO2/c1-3-4-5-9-16-11-14(17)12-18-15-8-6-7-13(2)10-15/h6-8,10,14,16-17H,5,9,11-12H2,1-2H3. The second kappa shape index (κ2) is 8.57. The quantitative estimate of drug-likeness (QED) is 0.569. The Labute approximate surface area is 109 Å². The minimum absolute atomic E-state index is 0.301. The van der Waals surface area contributed by atoms with Crippen LogP contribution in [-0.2, 0) is 0 Å². The number of nitrogens with one attached hydrogen (secondary N) is 1. The molecule has 0 fully saturated rings. The summed E-state index contributed by atoms with van der Waals surface area (Å²) >= 11 is 0. The van der Waals surface area contributed by atoms with Crippen LogP contribution in [0.4, 0.5) is 0 Å².